The number of anilines is 2. The zero-order valence-electron chi connectivity index (χ0n) is 15.7. The van der Waals surface area contributed by atoms with Crippen LogP contribution in [0.15, 0.2) is 91.3 Å². The lowest BCUT2D eigenvalue weighted by molar-refractivity contribution is 0.483. The highest BCUT2D eigenvalue weighted by Crippen LogP contribution is 2.31. The summed E-state index contributed by atoms with van der Waals surface area (Å²) in [5, 5.41) is 9.13. The summed E-state index contributed by atoms with van der Waals surface area (Å²) in [4.78, 5) is 9.36. The smallest absolute Gasteiger partial charge is 0.253 e. The maximum absolute atomic E-state index is 5.99. The SMILES string of the molecule is Clc1ccc(Oc2ccc3nc(-n4cccn4)nc(Nc4ccccc4)c3c2)cc1. The summed E-state index contributed by atoms with van der Waals surface area (Å²) in [6.45, 7) is 0. The van der Waals surface area contributed by atoms with E-state index in [1.165, 1.54) is 0 Å². The van der Waals surface area contributed by atoms with E-state index < -0.39 is 0 Å². The third-order valence-corrected chi connectivity index (χ3v) is 4.70. The van der Waals surface area contributed by atoms with Gasteiger partial charge in [-0.3, -0.25) is 0 Å². The summed E-state index contributed by atoms with van der Waals surface area (Å²) in [5.41, 5.74) is 1.70. The van der Waals surface area contributed by atoms with Gasteiger partial charge in [0.15, 0.2) is 0 Å². The number of nitrogens with zero attached hydrogens (tertiary/aromatic N) is 4. The second-order valence-electron chi connectivity index (χ2n) is 6.55. The fraction of sp³-hybridized carbons (Fsp3) is 0. The van der Waals surface area contributed by atoms with Gasteiger partial charge in [0.05, 0.1) is 5.52 Å². The number of nitrogens with one attached hydrogen (secondary N) is 1. The highest BCUT2D eigenvalue weighted by atomic mass is 35.5. The van der Waals surface area contributed by atoms with Crippen molar-refractivity contribution in [2.24, 2.45) is 0 Å². The van der Waals surface area contributed by atoms with Crippen LogP contribution in [0.1, 0.15) is 0 Å². The van der Waals surface area contributed by atoms with E-state index in [-0.39, 0.29) is 0 Å². The van der Waals surface area contributed by atoms with Crippen molar-refractivity contribution < 1.29 is 4.74 Å². The summed E-state index contributed by atoms with van der Waals surface area (Å²) in [5.74, 6) is 2.53. The first kappa shape index (κ1) is 18.1. The van der Waals surface area contributed by atoms with Crippen molar-refractivity contribution in [2.45, 2.75) is 0 Å². The van der Waals surface area contributed by atoms with E-state index in [0.29, 0.717) is 28.3 Å². The van der Waals surface area contributed by atoms with E-state index in [2.05, 4.69) is 15.4 Å². The molecule has 0 unspecified atom stereocenters. The third-order valence-electron chi connectivity index (χ3n) is 4.45. The minimum atomic E-state index is 0.484. The largest absolute Gasteiger partial charge is 0.457 e. The molecule has 5 aromatic rings. The molecule has 0 bridgehead atoms. The molecule has 0 aliphatic carbocycles. The number of fused-ring (bicyclic) bond motifs is 1. The van der Waals surface area contributed by atoms with Gasteiger partial charge in [0.2, 0.25) is 0 Å². The zero-order valence-corrected chi connectivity index (χ0v) is 16.5. The lowest BCUT2D eigenvalue weighted by atomic mass is 10.2. The van der Waals surface area contributed by atoms with Gasteiger partial charge >= 0.3 is 0 Å². The van der Waals surface area contributed by atoms with E-state index in [1.807, 2.05) is 72.9 Å². The molecule has 0 aliphatic rings. The minimum Gasteiger partial charge on any atom is -0.457 e. The number of aromatic nitrogens is 4. The molecule has 0 fully saturated rings. The van der Waals surface area contributed by atoms with Crippen molar-refractivity contribution in [1.29, 1.82) is 0 Å². The third kappa shape index (κ3) is 3.81. The molecule has 0 saturated heterocycles. The Morgan fingerprint density at radius 3 is 2.40 bits per heavy atom. The topological polar surface area (TPSA) is 64.9 Å². The Kier molecular flexibility index (Phi) is 4.75. The van der Waals surface area contributed by atoms with Crippen LogP contribution in [0.3, 0.4) is 0 Å². The molecule has 30 heavy (non-hydrogen) atoms. The standard InChI is InChI=1S/C23H16ClN5O/c24-16-7-9-18(10-8-16)30-19-11-12-21-20(15-19)22(26-17-5-2-1-3-6-17)28-23(27-21)29-14-4-13-25-29/h1-15H,(H,26,27,28). The van der Waals surface area contributed by atoms with Gasteiger partial charge in [-0.2, -0.15) is 10.1 Å². The molecule has 1 N–H and O–H groups in total. The van der Waals surface area contributed by atoms with Crippen LogP contribution in [0.4, 0.5) is 11.5 Å². The molecule has 7 heteroatoms. The van der Waals surface area contributed by atoms with Crippen molar-refractivity contribution in [3.8, 4) is 17.4 Å². The van der Waals surface area contributed by atoms with Crippen LogP contribution in [-0.4, -0.2) is 19.7 Å². The molecule has 0 radical (unpaired) electrons. The molecular formula is C23H16ClN5O. The van der Waals surface area contributed by atoms with Gasteiger partial charge in [-0.25, -0.2) is 9.67 Å². The van der Waals surface area contributed by atoms with Crippen LogP contribution in [0, 0.1) is 0 Å². The van der Waals surface area contributed by atoms with Gasteiger partial charge in [0, 0.05) is 28.5 Å². The lowest BCUT2D eigenvalue weighted by Gasteiger charge is -2.12. The molecule has 0 spiro atoms. The van der Waals surface area contributed by atoms with Crippen LogP contribution >= 0.6 is 11.6 Å². The molecule has 3 aromatic carbocycles. The second kappa shape index (κ2) is 7.85. The summed E-state index contributed by atoms with van der Waals surface area (Å²) in [6, 6.07) is 24.6. The van der Waals surface area contributed by atoms with E-state index >= 15 is 0 Å². The molecule has 5 rings (SSSR count). The first-order chi connectivity index (χ1) is 14.7. The van der Waals surface area contributed by atoms with Crippen LogP contribution in [0.25, 0.3) is 16.9 Å². The maximum atomic E-state index is 5.99. The van der Waals surface area contributed by atoms with Crippen LogP contribution in [0.5, 0.6) is 11.5 Å². The van der Waals surface area contributed by atoms with Crippen molar-refractivity contribution in [1.82, 2.24) is 19.7 Å². The molecule has 2 heterocycles. The fourth-order valence-corrected chi connectivity index (χ4v) is 3.17. The van der Waals surface area contributed by atoms with Crippen LogP contribution < -0.4 is 10.1 Å². The minimum absolute atomic E-state index is 0.484. The number of hydrogen-bond acceptors (Lipinski definition) is 5. The van der Waals surface area contributed by atoms with Gasteiger partial charge in [0.1, 0.15) is 17.3 Å². The van der Waals surface area contributed by atoms with E-state index in [9.17, 15) is 0 Å². The number of hydrogen-bond donors (Lipinski definition) is 1. The Labute approximate surface area is 177 Å². The van der Waals surface area contributed by atoms with Gasteiger partial charge in [-0.05, 0) is 60.7 Å². The van der Waals surface area contributed by atoms with Crippen LogP contribution in [0.2, 0.25) is 5.02 Å². The predicted molar refractivity (Wildman–Crippen MR) is 118 cm³/mol. The quantitative estimate of drug-likeness (QED) is 0.382. The van der Waals surface area contributed by atoms with E-state index in [4.69, 9.17) is 21.3 Å². The summed E-state index contributed by atoms with van der Waals surface area (Å²) in [6.07, 6.45) is 3.51. The summed E-state index contributed by atoms with van der Waals surface area (Å²) in [7, 11) is 0. The number of ether oxygens (including phenoxy) is 1. The van der Waals surface area contributed by atoms with Gasteiger partial charge in [0.25, 0.3) is 5.95 Å². The molecule has 146 valence electrons. The molecular weight excluding hydrogens is 398 g/mol. The van der Waals surface area contributed by atoms with Crippen molar-refractivity contribution in [2.75, 3.05) is 5.32 Å². The lowest BCUT2D eigenvalue weighted by Crippen LogP contribution is -2.05. The highest BCUT2D eigenvalue weighted by Gasteiger charge is 2.12. The van der Waals surface area contributed by atoms with Crippen LogP contribution in [-0.2, 0) is 0 Å². The zero-order chi connectivity index (χ0) is 20.3. The number of benzene rings is 3. The average Bonchev–Trinajstić information content (AvgIpc) is 3.31. The first-order valence-corrected chi connectivity index (χ1v) is 9.70. The van der Waals surface area contributed by atoms with Crippen molar-refractivity contribution in [3.05, 3.63) is 96.3 Å². The number of halogens is 1. The Bertz CT molecular complexity index is 1290. The summed E-state index contributed by atoms with van der Waals surface area (Å²) >= 11 is 5.96. The fourth-order valence-electron chi connectivity index (χ4n) is 3.04. The molecule has 0 aliphatic heterocycles. The monoisotopic (exact) mass is 413 g/mol. The number of para-hydroxylation sites is 1. The molecule has 0 amide bonds. The maximum Gasteiger partial charge on any atom is 0.253 e. The van der Waals surface area contributed by atoms with E-state index in [1.54, 1.807) is 23.0 Å². The van der Waals surface area contributed by atoms with Crippen molar-refractivity contribution in [3.63, 3.8) is 0 Å². The highest BCUT2D eigenvalue weighted by molar-refractivity contribution is 6.30. The molecule has 2 aromatic heterocycles. The predicted octanol–water partition coefficient (Wildman–Crippen LogP) is 6.00. The second-order valence-corrected chi connectivity index (χ2v) is 6.99. The molecule has 6 nitrogen and oxygen atoms in total. The Morgan fingerprint density at radius 1 is 0.833 bits per heavy atom. The van der Waals surface area contributed by atoms with E-state index in [0.717, 1.165) is 16.6 Å². The molecule has 0 saturated carbocycles. The first-order valence-electron chi connectivity index (χ1n) is 9.32. The average molecular weight is 414 g/mol. The normalized spacial score (nSPS) is 10.8. The Morgan fingerprint density at radius 2 is 1.63 bits per heavy atom. The molecule has 0 atom stereocenters. The summed E-state index contributed by atoms with van der Waals surface area (Å²) < 4.78 is 7.62. The Hall–Kier alpha value is -3.90. The van der Waals surface area contributed by atoms with Gasteiger partial charge in [-0.1, -0.05) is 29.8 Å². The number of rotatable bonds is 5. The van der Waals surface area contributed by atoms with Crippen molar-refractivity contribution >= 4 is 34.0 Å². The Balaban J connectivity index is 1.59. The van der Waals surface area contributed by atoms with Gasteiger partial charge in [-0.15, -0.1) is 0 Å². The van der Waals surface area contributed by atoms with Gasteiger partial charge < -0.3 is 10.1 Å².